The largest absolute Gasteiger partial charge is 0.398 e. The average Bonchev–Trinajstić information content (AvgIpc) is 3.28. The second-order valence-corrected chi connectivity index (χ2v) is 5.98. The van der Waals surface area contributed by atoms with Crippen LogP contribution in [0, 0.1) is 6.92 Å². The van der Waals surface area contributed by atoms with Crippen LogP contribution in [0.25, 0.3) is 44.6 Å². The molecule has 0 radical (unpaired) electrons. The molecule has 0 spiro atoms. The molecular formula is C18H14N8. The van der Waals surface area contributed by atoms with E-state index in [1.807, 2.05) is 31.2 Å². The maximum absolute atomic E-state index is 6.21. The van der Waals surface area contributed by atoms with Gasteiger partial charge in [-0.25, -0.2) is 15.0 Å². The number of aromatic amines is 2. The third-order valence-electron chi connectivity index (χ3n) is 4.35. The minimum atomic E-state index is 0.619. The van der Waals surface area contributed by atoms with Crippen molar-refractivity contribution in [1.82, 2.24) is 35.1 Å². The summed E-state index contributed by atoms with van der Waals surface area (Å²) in [6.45, 7) is 1.84. The van der Waals surface area contributed by atoms with Gasteiger partial charge in [0, 0.05) is 29.2 Å². The Morgan fingerprint density at radius 2 is 1.96 bits per heavy atom. The number of aromatic nitrogens is 7. The van der Waals surface area contributed by atoms with Gasteiger partial charge in [0.15, 0.2) is 5.65 Å². The van der Waals surface area contributed by atoms with Crippen molar-refractivity contribution in [1.29, 1.82) is 0 Å². The Hall–Kier alpha value is -3.81. The van der Waals surface area contributed by atoms with Gasteiger partial charge in [0.2, 0.25) is 0 Å². The van der Waals surface area contributed by atoms with Crippen LogP contribution in [0.5, 0.6) is 0 Å². The maximum Gasteiger partial charge on any atom is 0.181 e. The van der Waals surface area contributed by atoms with Crippen molar-refractivity contribution in [2.75, 3.05) is 5.73 Å². The van der Waals surface area contributed by atoms with Crippen LogP contribution in [0.1, 0.15) is 5.82 Å². The molecule has 5 aromatic rings. The van der Waals surface area contributed by atoms with Crippen molar-refractivity contribution < 1.29 is 0 Å². The van der Waals surface area contributed by atoms with Crippen molar-refractivity contribution in [3.63, 3.8) is 0 Å². The lowest BCUT2D eigenvalue weighted by Crippen LogP contribution is -1.96. The fraction of sp³-hybridized carbons (Fsp3) is 0.0556. The van der Waals surface area contributed by atoms with Gasteiger partial charge < -0.3 is 10.7 Å². The van der Waals surface area contributed by atoms with E-state index in [0.29, 0.717) is 17.2 Å². The van der Waals surface area contributed by atoms with Crippen molar-refractivity contribution in [2.45, 2.75) is 6.92 Å². The summed E-state index contributed by atoms with van der Waals surface area (Å²) in [6.07, 6.45) is 5.12. The molecule has 0 atom stereocenters. The summed E-state index contributed by atoms with van der Waals surface area (Å²) in [7, 11) is 0. The molecule has 0 amide bonds. The smallest absolute Gasteiger partial charge is 0.181 e. The molecule has 8 heteroatoms. The number of benzene rings is 1. The van der Waals surface area contributed by atoms with Gasteiger partial charge in [0.1, 0.15) is 22.7 Å². The quantitative estimate of drug-likeness (QED) is 0.424. The van der Waals surface area contributed by atoms with Crippen molar-refractivity contribution in [2.24, 2.45) is 0 Å². The number of anilines is 1. The summed E-state index contributed by atoms with van der Waals surface area (Å²) in [5, 5.41) is 8.43. The number of nitrogens with one attached hydrogen (secondary N) is 2. The van der Waals surface area contributed by atoms with Gasteiger partial charge in [-0.3, -0.25) is 10.1 Å². The lowest BCUT2D eigenvalue weighted by atomic mass is 10.0. The molecule has 0 saturated heterocycles. The zero-order chi connectivity index (χ0) is 17.7. The predicted molar refractivity (Wildman–Crippen MR) is 99.2 cm³/mol. The number of nitrogen functional groups attached to an aromatic ring is 1. The number of nitrogens with two attached hydrogens (primary N) is 1. The first-order chi connectivity index (χ1) is 12.7. The Bertz CT molecular complexity index is 1270. The second kappa shape index (κ2) is 5.35. The van der Waals surface area contributed by atoms with Crippen LogP contribution in [0.2, 0.25) is 0 Å². The molecule has 0 unspecified atom stereocenters. The molecule has 0 aliphatic heterocycles. The zero-order valence-corrected chi connectivity index (χ0v) is 13.9. The van der Waals surface area contributed by atoms with Crippen LogP contribution in [-0.4, -0.2) is 35.1 Å². The van der Waals surface area contributed by atoms with E-state index in [9.17, 15) is 0 Å². The van der Waals surface area contributed by atoms with Gasteiger partial charge in [-0.1, -0.05) is 6.07 Å². The lowest BCUT2D eigenvalue weighted by Gasteiger charge is -2.09. The summed E-state index contributed by atoms with van der Waals surface area (Å²) in [4.78, 5) is 20.7. The van der Waals surface area contributed by atoms with E-state index in [2.05, 4.69) is 35.1 Å². The van der Waals surface area contributed by atoms with Gasteiger partial charge >= 0.3 is 0 Å². The van der Waals surface area contributed by atoms with Crippen LogP contribution < -0.4 is 5.73 Å². The van der Waals surface area contributed by atoms with Crippen LogP contribution in [0.3, 0.4) is 0 Å². The first kappa shape index (κ1) is 14.5. The number of nitrogens with zero attached hydrogens (tertiary/aromatic N) is 5. The van der Waals surface area contributed by atoms with Crippen LogP contribution >= 0.6 is 0 Å². The van der Waals surface area contributed by atoms with Crippen LogP contribution in [-0.2, 0) is 0 Å². The molecule has 126 valence electrons. The minimum Gasteiger partial charge on any atom is -0.398 e. The fourth-order valence-corrected chi connectivity index (χ4v) is 3.22. The molecule has 0 bridgehead atoms. The Morgan fingerprint density at radius 1 is 1.04 bits per heavy atom. The molecule has 0 aliphatic carbocycles. The van der Waals surface area contributed by atoms with Crippen molar-refractivity contribution in [3.8, 4) is 22.5 Å². The summed E-state index contributed by atoms with van der Waals surface area (Å²) in [6, 6.07) is 7.63. The standard InChI is InChI=1S/C18H14N8/c1-9-23-16(17-18(24-9)22-8-21-17)11-7-20-6-5-10(11)15-14-12(19)3-2-4-13(14)25-26-15/h2-8H,19H2,1H3,(H,25,26)(H,21,22,23,24). The molecule has 8 nitrogen and oxygen atoms in total. The first-order valence-corrected chi connectivity index (χ1v) is 8.07. The molecule has 0 saturated carbocycles. The van der Waals surface area contributed by atoms with E-state index >= 15 is 0 Å². The summed E-state index contributed by atoms with van der Waals surface area (Å²) < 4.78 is 0. The number of imidazole rings is 1. The monoisotopic (exact) mass is 342 g/mol. The maximum atomic E-state index is 6.21. The van der Waals surface area contributed by atoms with Crippen molar-refractivity contribution >= 4 is 27.8 Å². The molecule has 26 heavy (non-hydrogen) atoms. The van der Waals surface area contributed by atoms with Crippen molar-refractivity contribution in [3.05, 3.63) is 48.8 Å². The van der Waals surface area contributed by atoms with E-state index in [1.165, 1.54) is 0 Å². The minimum absolute atomic E-state index is 0.619. The molecule has 4 heterocycles. The van der Waals surface area contributed by atoms with Gasteiger partial charge in [0.25, 0.3) is 0 Å². The fourth-order valence-electron chi connectivity index (χ4n) is 3.22. The number of H-pyrrole nitrogens is 2. The topological polar surface area (TPSA) is 122 Å². The highest BCUT2D eigenvalue weighted by molar-refractivity contribution is 6.04. The summed E-state index contributed by atoms with van der Waals surface area (Å²) in [5.41, 5.74) is 12.4. The lowest BCUT2D eigenvalue weighted by molar-refractivity contribution is 1.08. The van der Waals surface area contributed by atoms with Gasteiger partial charge in [-0.05, 0) is 25.1 Å². The number of hydrogen-bond donors (Lipinski definition) is 3. The van der Waals surface area contributed by atoms with Gasteiger partial charge in [-0.2, -0.15) is 5.10 Å². The van der Waals surface area contributed by atoms with Crippen LogP contribution in [0.4, 0.5) is 5.69 Å². The Balaban J connectivity index is 1.84. The van der Waals surface area contributed by atoms with E-state index in [1.54, 1.807) is 18.7 Å². The number of hydrogen-bond acceptors (Lipinski definition) is 6. The van der Waals surface area contributed by atoms with E-state index in [4.69, 9.17) is 5.73 Å². The summed E-state index contributed by atoms with van der Waals surface area (Å²) in [5.74, 6) is 0.640. The number of pyridine rings is 1. The third-order valence-corrected chi connectivity index (χ3v) is 4.35. The Morgan fingerprint density at radius 3 is 2.88 bits per heavy atom. The SMILES string of the molecule is Cc1nc(-c2cnccc2-c2n[nH]c3cccc(N)c23)c2[nH]cnc2n1. The second-order valence-electron chi connectivity index (χ2n) is 5.98. The highest BCUT2D eigenvalue weighted by Crippen LogP contribution is 2.37. The van der Waals surface area contributed by atoms with Crippen LogP contribution in [0.15, 0.2) is 43.0 Å². The van der Waals surface area contributed by atoms with Gasteiger partial charge in [0.05, 0.1) is 17.2 Å². The molecule has 4 aromatic heterocycles. The third kappa shape index (κ3) is 2.05. The first-order valence-electron chi connectivity index (χ1n) is 8.07. The highest BCUT2D eigenvalue weighted by atomic mass is 15.1. The summed E-state index contributed by atoms with van der Waals surface area (Å²) >= 11 is 0. The molecule has 4 N–H and O–H groups in total. The molecule has 1 aromatic carbocycles. The average molecular weight is 342 g/mol. The molecule has 0 aliphatic rings. The molecule has 5 rings (SSSR count). The highest BCUT2D eigenvalue weighted by Gasteiger charge is 2.19. The van der Waals surface area contributed by atoms with E-state index in [0.717, 1.165) is 38.9 Å². The zero-order valence-electron chi connectivity index (χ0n) is 13.9. The Labute approximate surface area is 147 Å². The molecule has 0 fully saturated rings. The predicted octanol–water partition coefficient (Wildman–Crippen LogP) is 2.85. The number of fused-ring (bicyclic) bond motifs is 2. The normalized spacial score (nSPS) is 11.4. The van der Waals surface area contributed by atoms with E-state index in [-0.39, 0.29) is 0 Å². The van der Waals surface area contributed by atoms with E-state index < -0.39 is 0 Å². The Kier molecular flexibility index (Phi) is 2.99. The number of rotatable bonds is 2. The van der Waals surface area contributed by atoms with Gasteiger partial charge in [-0.15, -0.1) is 0 Å². The number of aryl methyl sites for hydroxylation is 1. The molecular weight excluding hydrogens is 328 g/mol.